The van der Waals surface area contributed by atoms with E-state index in [1.54, 1.807) is 12.1 Å². The number of alkyl halides is 2. The van der Waals surface area contributed by atoms with Crippen molar-refractivity contribution in [3.63, 3.8) is 0 Å². The van der Waals surface area contributed by atoms with Crippen molar-refractivity contribution in [3.8, 4) is 12.3 Å². The average Bonchev–Trinajstić information content (AvgIpc) is 2.31. The SMILES string of the molecule is C#CC(CC)NCc1ccc(C(F)F)cc1. The molecule has 0 heterocycles. The highest BCUT2D eigenvalue weighted by atomic mass is 19.3. The second-order valence-electron chi connectivity index (χ2n) is 3.55. The molecular formula is C13H15F2N. The van der Waals surface area contributed by atoms with E-state index in [1.807, 2.05) is 6.92 Å². The zero-order valence-corrected chi connectivity index (χ0v) is 9.21. The quantitative estimate of drug-likeness (QED) is 0.756. The third-order valence-electron chi connectivity index (χ3n) is 2.39. The summed E-state index contributed by atoms with van der Waals surface area (Å²) in [4.78, 5) is 0. The van der Waals surface area contributed by atoms with Crippen LogP contribution in [-0.4, -0.2) is 6.04 Å². The van der Waals surface area contributed by atoms with Crippen LogP contribution in [0.1, 0.15) is 30.9 Å². The highest BCUT2D eigenvalue weighted by Crippen LogP contribution is 2.18. The fraction of sp³-hybridized carbons (Fsp3) is 0.385. The Morgan fingerprint density at radius 3 is 2.38 bits per heavy atom. The number of halogens is 2. The molecule has 0 aliphatic heterocycles. The molecule has 0 spiro atoms. The zero-order chi connectivity index (χ0) is 12.0. The van der Waals surface area contributed by atoms with E-state index in [2.05, 4.69) is 11.2 Å². The Morgan fingerprint density at radius 2 is 1.94 bits per heavy atom. The fourth-order valence-electron chi connectivity index (χ4n) is 1.34. The second-order valence-corrected chi connectivity index (χ2v) is 3.55. The van der Waals surface area contributed by atoms with Crippen molar-refractivity contribution in [2.75, 3.05) is 0 Å². The Kier molecular flexibility index (Phi) is 4.94. The Hall–Kier alpha value is -1.40. The van der Waals surface area contributed by atoms with Gasteiger partial charge in [0.25, 0.3) is 6.43 Å². The number of benzene rings is 1. The molecular weight excluding hydrogens is 208 g/mol. The van der Waals surface area contributed by atoms with Crippen LogP contribution in [0, 0.1) is 12.3 Å². The van der Waals surface area contributed by atoms with Crippen LogP contribution in [0.4, 0.5) is 8.78 Å². The lowest BCUT2D eigenvalue weighted by atomic mass is 10.1. The molecule has 0 aromatic heterocycles. The van der Waals surface area contributed by atoms with Gasteiger partial charge in [0.15, 0.2) is 0 Å². The van der Waals surface area contributed by atoms with Crippen molar-refractivity contribution in [1.29, 1.82) is 0 Å². The Balaban J connectivity index is 2.53. The highest BCUT2D eigenvalue weighted by molar-refractivity contribution is 5.23. The van der Waals surface area contributed by atoms with Crippen molar-refractivity contribution >= 4 is 0 Å². The number of hydrogen-bond donors (Lipinski definition) is 1. The summed E-state index contributed by atoms with van der Waals surface area (Å²) in [5.74, 6) is 2.62. The molecule has 1 aromatic rings. The molecule has 0 aliphatic carbocycles. The molecule has 1 rings (SSSR count). The third-order valence-corrected chi connectivity index (χ3v) is 2.39. The number of rotatable bonds is 5. The van der Waals surface area contributed by atoms with Crippen molar-refractivity contribution < 1.29 is 8.78 Å². The van der Waals surface area contributed by atoms with Crippen LogP contribution in [0.15, 0.2) is 24.3 Å². The first-order chi connectivity index (χ1) is 7.67. The maximum absolute atomic E-state index is 12.3. The number of terminal acetylenes is 1. The van der Waals surface area contributed by atoms with Crippen molar-refractivity contribution in [2.24, 2.45) is 0 Å². The third kappa shape index (κ3) is 3.63. The second kappa shape index (κ2) is 6.24. The summed E-state index contributed by atoms with van der Waals surface area (Å²) in [6, 6.07) is 6.31. The first kappa shape index (κ1) is 12.7. The predicted molar refractivity (Wildman–Crippen MR) is 61.2 cm³/mol. The number of nitrogens with one attached hydrogen (secondary N) is 1. The van der Waals surface area contributed by atoms with Crippen molar-refractivity contribution in [3.05, 3.63) is 35.4 Å². The van der Waals surface area contributed by atoms with E-state index in [1.165, 1.54) is 12.1 Å². The normalized spacial score (nSPS) is 12.4. The van der Waals surface area contributed by atoms with Gasteiger partial charge in [-0.3, -0.25) is 5.32 Å². The standard InChI is InChI=1S/C13H15F2N/c1-3-12(4-2)16-9-10-5-7-11(8-6-10)13(14)15/h1,5-8,12-13,16H,4,9H2,2H3. The molecule has 86 valence electrons. The summed E-state index contributed by atoms with van der Waals surface area (Å²) >= 11 is 0. The van der Waals surface area contributed by atoms with Gasteiger partial charge in [0, 0.05) is 12.1 Å². The van der Waals surface area contributed by atoms with E-state index in [0.29, 0.717) is 6.54 Å². The molecule has 1 unspecified atom stereocenters. The molecule has 1 nitrogen and oxygen atoms in total. The van der Waals surface area contributed by atoms with E-state index in [-0.39, 0.29) is 11.6 Å². The largest absolute Gasteiger partial charge is 0.300 e. The average molecular weight is 223 g/mol. The van der Waals surface area contributed by atoms with Crippen LogP contribution in [0.3, 0.4) is 0 Å². The Labute approximate surface area is 94.9 Å². The fourth-order valence-corrected chi connectivity index (χ4v) is 1.34. The number of hydrogen-bond acceptors (Lipinski definition) is 1. The predicted octanol–water partition coefficient (Wildman–Crippen LogP) is 3.13. The van der Waals surface area contributed by atoms with E-state index in [0.717, 1.165) is 12.0 Å². The van der Waals surface area contributed by atoms with Crippen LogP contribution < -0.4 is 5.32 Å². The summed E-state index contributed by atoms with van der Waals surface area (Å²) in [6.07, 6.45) is 3.75. The lowest BCUT2D eigenvalue weighted by Gasteiger charge is -2.10. The van der Waals surface area contributed by atoms with Gasteiger partial charge in [0.05, 0.1) is 6.04 Å². The van der Waals surface area contributed by atoms with Gasteiger partial charge in [-0.2, -0.15) is 0 Å². The molecule has 0 aliphatic rings. The van der Waals surface area contributed by atoms with Gasteiger partial charge in [0.1, 0.15) is 0 Å². The highest BCUT2D eigenvalue weighted by Gasteiger charge is 2.06. The molecule has 16 heavy (non-hydrogen) atoms. The minimum atomic E-state index is -2.41. The summed E-state index contributed by atoms with van der Waals surface area (Å²) < 4.78 is 24.6. The Bertz CT molecular complexity index is 351. The minimum Gasteiger partial charge on any atom is -0.300 e. The minimum absolute atomic E-state index is 0.0368. The van der Waals surface area contributed by atoms with Gasteiger partial charge in [-0.05, 0) is 12.0 Å². The van der Waals surface area contributed by atoms with Gasteiger partial charge in [-0.1, -0.05) is 37.1 Å². The van der Waals surface area contributed by atoms with E-state index in [4.69, 9.17) is 6.42 Å². The van der Waals surface area contributed by atoms with Crippen molar-refractivity contribution in [1.82, 2.24) is 5.32 Å². The monoisotopic (exact) mass is 223 g/mol. The topological polar surface area (TPSA) is 12.0 Å². The molecule has 1 atom stereocenters. The summed E-state index contributed by atoms with van der Waals surface area (Å²) in [5, 5.41) is 3.16. The van der Waals surface area contributed by atoms with Gasteiger partial charge in [-0.25, -0.2) is 8.78 Å². The first-order valence-electron chi connectivity index (χ1n) is 5.23. The van der Waals surface area contributed by atoms with Crippen LogP contribution in [0.25, 0.3) is 0 Å². The van der Waals surface area contributed by atoms with Crippen molar-refractivity contribution in [2.45, 2.75) is 32.4 Å². The summed E-state index contributed by atoms with van der Waals surface area (Å²) in [6.45, 7) is 2.60. The lowest BCUT2D eigenvalue weighted by Crippen LogP contribution is -2.26. The van der Waals surface area contributed by atoms with Gasteiger partial charge in [0.2, 0.25) is 0 Å². The van der Waals surface area contributed by atoms with Crippen LogP contribution in [-0.2, 0) is 6.54 Å². The lowest BCUT2D eigenvalue weighted by molar-refractivity contribution is 0.151. The summed E-state index contributed by atoms with van der Waals surface area (Å²) in [5.41, 5.74) is 1.01. The molecule has 1 aromatic carbocycles. The summed E-state index contributed by atoms with van der Waals surface area (Å²) in [7, 11) is 0. The molecule has 0 radical (unpaired) electrons. The van der Waals surface area contributed by atoms with Crippen LogP contribution >= 0.6 is 0 Å². The smallest absolute Gasteiger partial charge is 0.263 e. The maximum atomic E-state index is 12.3. The van der Waals surface area contributed by atoms with Gasteiger partial charge < -0.3 is 0 Å². The maximum Gasteiger partial charge on any atom is 0.263 e. The van der Waals surface area contributed by atoms with Gasteiger partial charge in [-0.15, -0.1) is 6.42 Å². The molecule has 0 fully saturated rings. The molecule has 0 bridgehead atoms. The molecule has 1 N–H and O–H groups in total. The molecule has 0 saturated heterocycles. The van der Waals surface area contributed by atoms with E-state index >= 15 is 0 Å². The Morgan fingerprint density at radius 1 is 1.31 bits per heavy atom. The molecule has 3 heteroatoms. The van der Waals surface area contributed by atoms with Crippen LogP contribution in [0.2, 0.25) is 0 Å². The van der Waals surface area contributed by atoms with Gasteiger partial charge >= 0.3 is 0 Å². The zero-order valence-electron chi connectivity index (χ0n) is 9.21. The molecule has 0 saturated carbocycles. The first-order valence-corrected chi connectivity index (χ1v) is 5.23. The van der Waals surface area contributed by atoms with Crippen LogP contribution in [0.5, 0.6) is 0 Å². The van der Waals surface area contributed by atoms with E-state index in [9.17, 15) is 8.78 Å². The van der Waals surface area contributed by atoms with E-state index < -0.39 is 6.43 Å². The molecule has 0 amide bonds.